The van der Waals surface area contributed by atoms with Crippen LogP contribution in [0.25, 0.3) is 0 Å². The summed E-state index contributed by atoms with van der Waals surface area (Å²) < 4.78 is 18.4. The van der Waals surface area contributed by atoms with Gasteiger partial charge in [0.1, 0.15) is 5.82 Å². The molecule has 1 aliphatic heterocycles. The molecule has 19 heavy (non-hydrogen) atoms. The Balaban J connectivity index is 1.97. The van der Waals surface area contributed by atoms with Crippen molar-refractivity contribution in [3.63, 3.8) is 0 Å². The first-order valence-electron chi connectivity index (χ1n) is 6.66. The van der Waals surface area contributed by atoms with Gasteiger partial charge < -0.3 is 10.1 Å². The maximum Gasteiger partial charge on any atom is 0.230 e. The first kappa shape index (κ1) is 14.0. The van der Waals surface area contributed by atoms with Crippen LogP contribution in [0.15, 0.2) is 24.3 Å². The number of hydrogen-bond donors (Lipinski definition) is 1. The molecule has 1 saturated heterocycles. The Bertz CT molecular complexity index is 436. The van der Waals surface area contributed by atoms with E-state index in [1.54, 1.807) is 12.1 Å². The fourth-order valence-corrected chi connectivity index (χ4v) is 2.23. The molecule has 0 aromatic heterocycles. The molecular weight excluding hydrogens is 245 g/mol. The first-order valence-corrected chi connectivity index (χ1v) is 6.66. The number of carbonyl (C=O) groups excluding carboxylic acids is 1. The van der Waals surface area contributed by atoms with Crippen LogP contribution in [0, 0.1) is 5.82 Å². The molecule has 1 N–H and O–H groups in total. The highest BCUT2D eigenvalue weighted by molar-refractivity contribution is 5.87. The first-order chi connectivity index (χ1) is 9.00. The van der Waals surface area contributed by atoms with Gasteiger partial charge in [-0.05, 0) is 44.4 Å². The van der Waals surface area contributed by atoms with Crippen molar-refractivity contribution in [1.82, 2.24) is 5.32 Å². The third-order valence-electron chi connectivity index (χ3n) is 3.65. The maximum atomic E-state index is 12.9. The van der Waals surface area contributed by atoms with Crippen molar-refractivity contribution in [2.45, 2.75) is 38.2 Å². The zero-order valence-electron chi connectivity index (χ0n) is 11.4. The zero-order chi connectivity index (χ0) is 13.9. The van der Waals surface area contributed by atoms with Crippen LogP contribution in [-0.2, 0) is 14.9 Å². The fourth-order valence-electron chi connectivity index (χ4n) is 2.23. The average Bonchev–Trinajstić information content (AvgIpc) is 2.89. The van der Waals surface area contributed by atoms with Gasteiger partial charge in [0, 0.05) is 13.2 Å². The molecule has 1 amide bonds. The van der Waals surface area contributed by atoms with Crippen LogP contribution in [0.1, 0.15) is 32.3 Å². The Hall–Kier alpha value is -1.42. The third kappa shape index (κ3) is 3.32. The molecule has 1 unspecified atom stereocenters. The molecule has 0 saturated carbocycles. The lowest BCUT2D eigenvalue weighted by Crippen LogP contribution is -2.43. The second-order valence-electron chi connectivity index (χ2n) is 5.48. The van der Waals surface area contributed by atoms with E-state index < -0.39 is 5.41 Å². The fraction of sp³-hybridized carbons (Fsp3) is 0.533. The number of ether oxygens (including phenoxy) is 1. The van der Waals surface area contributed by atoms with Crippen LogP contribution < -0.4 is 5.32 Å². The lowest BCUT2D eigenvalue weighted by Gasteiger charge is -2.25. The summed E-state index contributed by atoms with van der Waals surface area (Å²) in [7, 11) is 0. The molecule has 3 nitrogen and oxygen atoms in total. The number of carbonyl (C=O) groups is 1. The van der Waals surface area contributed by atoms with Crippen molar-refractivity contribution in [2.75, 3.05) is 13.2 Å². The molecule has 104 valence electrons. The van der Waals surface area contributed by atoms with E-state index in [1.165, 1.54) is 12.1 Å². The van der Waals surface area contributed by atoms with Crippen LogP contribution in [0.5, 0.6) is 0 Å². The molecule has 1 heterocycles. The van der Waals surface area contributed by atoms with E-state index in [0.717, 1.165) is 25.0 Å². The Labute approximate surface area is 113 Å². The summed E-state index contributed by atoms with van der Waals surface area (Å²) in [5.41, 5.74) is 0.130. The number of rotatable bonds is 4. The highest BCUT2D eigenvalue weighted by atomic mass is 19.1. The summed E-state index contributed by atoms with van der Waals surface area (Å²) >= 11 is 0. The lowest BCUT2D eigenvalue weighted by molar-refractivity contribution is -0.126. The maximum absolute atomic E-state index is 12.9. The van der Waals surface area contributed by atoms with E-state index in [1.807, 2.05) is 13.8 Å². The number of hydrogen-bond acceptors (Lipinski definition) is 2. The third-order valence-corrected chi connectivity index (χ3v) is 3.65. The predicted molar refractivity (Wildman–Crippen MR) is 71.4 cm³/mol. The van der Waals surface area contributed by atoms with Gasteiger partial charge in [-0.25, -0.2) is 4.39 Å². The largest absolute Gasteiger partial charge is 0.376 e. The number of amides is 1. The van der Waals surface area contributed by atoms with Crippen molar-refractivity contribution < 1.29 is 13.9 Å². The number of halogens is 1. The normalized spacial score (nSPS) is 19.4. The Morgan fingerprint density at radius 3 is 2.68 bits per heavy atom. The smallest absolute Gasteiger partial charge is 0.230 e. The quantitative estimate of drug-likeness (QED) is 0.908. The minimum Gasteiger partial charge on any atom is -0.376 e. The van der Waals surface area contributed by atoms with E-state index in [9.17, 15) is 9.18 Å². The van der Waals surface area contributed by atoms with Crippen LogP contribution >= 0.6 is 0 Å². The molecule has 1 aromatic rings. The Morgan fingerprint density at radius 1 is 1.42 bits per heavy atom. The van der Waals surface area contributed by atoms with Gasteiger partial charge in [-0.2, -0.15) is 0 Å². The zero-order valence-corrected chi connectivity index (χ0v) is 11.4. The van der Waals surface area contributed by atoms with Gasteiger partial charge >= 0.3 is 0 Å². The Kier molecular flexibility index (Phi) is 4.20. The lowest BCUT2D eigenvalue weighted by atomic mass is 9.83. The summed E-state index contributed by atoms with van der Waals surface area (Å²) in [5.74, 6) is -0.353. The minimum atomic E-state index is -0.674. The van der Waals surface area contributed by atoms with E-state index in [2.05, 4.69) is 5.32 Å². The standard InChI is InChI=1S/C15H20FNO2/c1-15(2,11-5-7-12(16)8-6-11)14(18)17-10-13-4-3-9-19-13/h5-8,13H,3-4,9-10H2,1-2H3,(H,17,18). The van der Waals surface area contributed by atoms with Crippen molar-refractivity contribution >= 4 is 5.91 Å². The summed E-state index contributed by atoms with van der Waals surface area (Å²) in [5, 5.41) is 2.92. The number of nitrogens with one attached hydrogen (secondary N) is 1. The molecule has 1 aliphatic rings. The summed E-state index contributed by atoms with van der Waals surface area (Å²) in [6.07, 6.45) is 2.19. The van der Waals surface area contributed by atoms with Crippen molar-refractivity contribution in [3.05, 3.63) is 35.6 Å². The molecule has 1 fully saturated rings. The van der Waals surface area contributed by atoms with Gasteiger partial charge in [0.2, 0.25) is 5.91 Å². The molecule has 1 atom stereocenters. The van der Waals surface area contributed by atoms with E-state index in [4.69, 9.17) is 4.74 Å². The van der Waals surface area contributed by atoms with Crippen LogP contribution in [-0.4, -0.2) is 25.2 Å². The average molecular weight is 265 g/mol. The van der Waals surface area contributed by atoms with E-state index >= 15 is 0 Å². The van der Waals surface area contributed by atoms with Gasteiger partial charge in [0.05, 0.1) is 11.5 Å². The number of benzene rings is 1. The van der Waals surface area contributed by atoms with Crippen molar-refractivity contribution in [2.24, 2.45) is 0 Å². The summed E-state index contributed by atoms with van der Waals surface area (Å²) in [6.45, 7) is 5.00. The second-order valence-corrected chi connectivity index (χ2v) is 5.48. The molecule has 2 rings (SSSR count). The van der Waals surface area contributed by atoms with Crippen LogP contribution in [0.4, 0.5) is 4.39 Å². The summed E-state index contributed by atoms with van der Waals surface area (Å²) in [6, 6.07) is 6.07. The molecule has 0 radical (unpaired) electrons. The van der Waals surface area contributed by atoms with Gasteiger partial charge in [-0.3, -0.25) is 4.79 Å². The van der Waals surface area contributed by atoms with E-state index in [0.29, 0.717) is 6.54 Å². The molecule has 4 heteroatoms. The van der Waals surface area contributed by atoms with Gasteiger partial charge in [-0.1, -0.05) is 12.1 Å². The Morgan fingerprint density at radius 2 is 2.11 bits per heavy atom. The van der Waals surface area contributed by atoms with Crippen LogP contribution in [0.3, 0.4) is 0 Å². The molecule has 0 bridgehead atoms. The monoisotopic (exact) mass is 265 g/mol. The molecule has 1 aromatic carbocycles. The van der Waals surface area contributed by atoms with Crippen LogP contribution in [0.2, 0.25) is 0 Å². The summed E-state index contributed by atoms with van der Waals surface area (Å²) in [4.78, 5) is 12.2. The van der Waals surface area contributed by atoms with Gasteiger partial charge in [0.15, 0.2) is 0 Å². The minimum absolute atomic E-state index is 0.0605. The molecule has 0 spiro atoms. The second kappa shape index (κ2) is 5.70. The highest BCUT2D eigenvalue weighted by Gasteiger charge is 2.30. The molecule has 0 aliphatic carbocycles. The molecular formula is C15H20FNO2. The highest BCUT2D eigenvalue weighted by Crippen LogP contribution is 2.23. The predicted octanol–water partition coefficient (Wildman–Crippen LogP) is 2.40. The SMILES string of the molecule is CC(C)(C(=O)NCC1CCCO1)c1ccc(F)cc1. The van der Waals surface area contributed by atoms with Gasteiger partial charge in [-0.15, -0.1) is 0 Å². The van der Waals surface area contributed by atoms with Crippen molar-refractivity contribution in [1.29, 1.82) is 0 Å². The van der Waals surface area contributed by atoms with Gasteiger partial charge in [0.25, 0.3) is 0 Å². The van der Waals surface area contributed by atoms with E-state index in [-0.39, 0.29) is 17.8 Å². The topological polar surface area (TPSA) is 38.3 Å². The van der Waals surface area contributed by atoms with Crippen molar-refractivity contribution in [3.8, 4) is 0 Å².